The highest BCUT2D eigenvalue weighted by Gasteiger charge is 2.33. The maximum absolute atomic E-state index is 13.2. The van der Waals surface area contributed by atoms with Crippen molar-refractivity contribution in [1.29, 1.82) is 0 Å². The fourth-order valence-electron chi connectivity index (χ4n) is 3.75. The lowest BCUT2D eigenvalue weighted by molar-refractivity contribution is -0.141. The van der Waals surface area contributed by atoms with E-state index in [2.05, 4.69) is 9.97 Å². The first-order chi connectivity index (χ1) is 15.4. The Morgan fingerprint density at radius 1 is 1.28 bits per heavy atom. The van der Waals surface area contributed by atoms with Crippen molar-refractivity contribution in [2.24, 2.45) is 0 Å². The number of benzene rings is 1. The second-order valence-corrected chi connectivity index (χ2v) is 8.23. The Morgan fingerprint density at radius 3 is 2.75 bits per heavy atom. The number of morpholine rings is 1. The van der Waals surface area contributed by atoms with Gasteiger partial charge >= 0.3 is 0 Å². The average Bonchev–Trinajstić information content (AvgIpc) is 3.22. The van der Waals surface area contributed by atoms with E-state index >= 15 is 0 Å². The summed E-state index contributed by atoms with van der Waals surface area (Å²) in [5.74, 6) is 0.801. The van der Waals surface area contributed by atoms with Gasteiger partial charge in [-0.15, -0.1) is 0 Å². The second-order valence-electron chi connectivity index (χ2n) is 7.84. The third-order valence-corrected chi connectivity index (χ3v) is 5.67. The number of hydrogen-bond donors (Lipinski definition) is 0. The molecule has 7 nitrogen and oxygen atoms in total. The Labute approximate surface area is 192 Å². The van der Waals surface area contributed by atoms with Crippen LogP contribution in [0.5, 0.6) is 5.75 Å². The number of methoxy groups -OCH3 is 1. The standard InChI is InChI=1S/C24H25ClN4O3/c1-15-12-28(14-27-15)20-7-5-18(9-21(20)31-4)10-22-24(30)29(13-16(2)32-22)17(3)19-6-8-23(25)26-11-19/h5-12,14,16-17H,13H2,1-4H3/b22-10-/t16-,17-/m0/s1. The van der Waals surface area contributed by atoms with Gasteiger partial charge in [0.15, 0.2) is 5.76 Å². The predicted molar refractivity (Wildman–Crippen MR) is 123 cm³/mol. The van der Waals surface area contributed by atoms with Crippen LogP contribution in [0, 0.1) is 6.92 Å². The molecule has 1 saturated heterocycles. The molecule has 0 saturated carbocycles. The third kappa shape index (κ3) is 4.48. The van der Waals surface area contributed by atoms with Gasteiger partial charge in [-0.05, 0) is 56.2 Å². The van der Waals surface area contributed by atoms with Crippen LogP contribution in [0.25, 0.3) is 11.8 Å². The predicted octanol–water partition coefficient (Wildman–Crippen LogP) is 4.59. The van der Waals surface area contributed by atoms with E-state index in [0.717, 1.165) is 22.5 Å². The lowest BCUT2D eigenvalue weighted by Crippen LogP contribution is -2.45. The summed E-state index contributed by atoms with van der Waals surface area (Å²) in [6, 6.07) is 9.19. The van der Waals surface area contributed by atoms with Crippen LogP contribution in [0.4, 0.5) is 0 Å². The number of carbonyl (C=O) groups excluding carboxylic acids is 1. The summed E-state index contributed by atoms with van der Waals surface area (Å²) in [6.45, 7) is 6.35. The van der Waals surface area contributed by atoms with Gasteiger partial charge in [-0.2, -0.15) is 0 Å². The Kier molecular flexibility index (Phi) is 6.19. The van der Waals surface area contributed by atoms with E-state index in [-0.39, 0.29) is 18.1 Å². The van der Waals surface area contributed by atoms with Crippen molar-refractivity contribution in [2.75, 3.05) is 13.7 Å². The molecule has 4 rings (SSSR count). The fourth-order valence-corrected chi connectivity index (χ4v) is 3.86. The van der Waals surface area contributed by atoms with E-state index in [1.807, 2.05) is 55.8 Å². The first-order valence-corrected chi connectivity index (χ1v) is 10.7. The number of hydrogen-bond acceptors (Lipinski definition) is 5. The van der Waals surface area contributed by atoms with Crippen LogP contribution in [0.1, 0.15) is 36.7 Å². The molecule has 1 fully saturated rings. The first-order valence-electron chi connectivity index (χ1n) is 10.4. The Balaban J connectivity index is 1.62. The number of amides is 1. The van der Waals surface area contributed by atoms with E-state index in [1.165, 1.54) is 0 Å². The van der Waals surface area contributed by atoms with Crippen molar-refractivity contribution in [3.8, 4) is 11.4 Å². The zero-order valence-electron chi connectivity index (χ0n) is 18.4. The molecule has 0 N–H and O–H groups in total. The zero-order chi connectivity index (χ0) is 22.8. The third-order valence-electron chi connectivity index (χ3n) is 5.45. The molecule has 3 heterocycles. The van der Waals surface area contributed by atoms with Crippen molar-refractivity contribution in [1.82, 2.24) is 19.4 Å². The number of imidazole rings is 1. The molecule has 3 aromatic rings. The molecule has 2 aromatic heterocycles. The van der Waals surface area contributed by atoms with Crippen LogP contribution < -0.4 is 4.74 Å². The summed E-state index contributed by atoms with van der Waals surface area (Å²) in [7, 11) is 1.62. The highest BCUT2D eigenvalue weighted by molar-refractivity contribution is 6.29. The molecule has 1 aromatic carbocycles. The minimum Gasteiger partial charge on any atom is -0.495 e. The number of halogens is 1. The largest absolute Gasteiger partial charge is 0.495 e. The highest BCUT2D eigenvalue weighted by atomic mass is 35.5. The van der Waals surface area contributed by atoms with E-state index in [0.29, 0.717) is 23.2 Å². The minimum absolute atomic E-state index is 0.142. The molecule has 1 aliphatic heterocycles. The SMILES string of the molecule is COc1cc(/C=C2\O[C@@H](C)CN([C@@H](C)c3ccc(Cl)nc3)C2=O)ccc1-n1cnc(C)c1. The van der Waals surface area contributed by atoms with Gasteiger partial charge in [-0.25, -0.2) is 9.97 Å². The normalized spacial score (nSPS) is 18.5. The number of ether oxygens (including phenoxy) is 2. The summed E-state index contributed by atoms with van der Waals surface area (Å²) in [5, 5.41) is 0.423. The summed E-state index contributed by atoms with van der Waals surface area (Å²) < 4.78 is 13.4. The number of aromatic nitrogens is 3. The number of rotatable bonds is 5. The Hall–Kier alpha value is -3.32. The van der Waals surface area contributed by atoms with Crippen molar-refractivity contribution < 1.29 is 14.3 Å². The molecule has 0 aliphatic carbocycles. The molecular weight excluding hydrogens is 428 g/mol. The van der Waals surface area contributed by atoms with Crippen LogP contribution in [0.3, 0.4) is 0 Å². The molecule has 2 atom stereocenters. The van der Waals surface area contributed by atoms with Gasteiger partial charge in [0.25, 0.3) is 5.91 Å². The quantitative estimate of drug-likeness (QED) is 0.418. The monoisotopic (exact) mass is 452 g/mol. The Morgan fingerprint density at radius 2 is 2.09 bits per heavy atom. The summed E-state index contributed by atoms with van der Waals surface area (Å²) in [4.78, 5) is 23.5. The smallest absolute Gasteiger partial charge is 0.289 e. The van der Waals surface area contributed by atoms with Gasteiger partial charge in [-0.3, -0.25) is 4.79 Å². The van der Waals surface area contributed by atoms with Crippen molar-refractivity contribution in [3.05, 3.63) is 76.8 Å². The average molecular weight is 453 g/mol. The van der Waals surface area contributed by atoms with Gasteiger partial charge in [-0.1, -0.05) is 23.7 Å². The van der Waals surface area contributed by atoms with Crippen molar-refractivity contribution in [2.45, 2.75) is 32.9 Å². The van der Waals surface area contributed by atoms with Crippen LogP contribution in [0.15, 0.2) is 54.8 Å². The van der Waals surface area contributed by atoms with Crippen LogP contribution >= 0.6 is 11.6 Å². The van der Waals surface area contributed by atoms with Crippen molar-refractivity contribution in [3.63, 3.8) is 0 Å². The number of aryl methyl sites for hydroxylation is 1. The lowest BCUT2D eigenvalue weighted by atomic mass is 10.1. The topological polar surface area (TPSA) is 69.5 Å². The molecule has 1 amide bonds. The van der Waals surface area contributed by atoms with Gasteiger partial charge in [0.2, 0.25) is 0 Å². The van der Waals surface area contributed by atoms with Gasteiger partial charge in [0.1, 0.15) is 17.0 Å². The molecule has 1 aliphatic rings. The van der Waals surface area contributed by atoms with E-state index in [9.17, 15) is 4.79 Å². The number of pyridine rings is 1. The number of carbonyl (C=O) groups is 1. The van der Waals surface area contributed by atoms with Crippen LogP contribution in [-0.4, -0.2) is 45.1 Å². The van der Waals surface area contributed by atoms with Crippen LogP contribution in [-0.2, 0) is 9.53 Å². The molecule has 166 valence electrons. The molecular formula is C24H25ClN4O3. The Bertz CT molecular complexity index is 1160. The van der Waals surface area contributed by atoms with Crippen molar-refractivity contribution >= 4 is 23.6 Å². The summed E-state index contributed by atoms with van der Waals surface area (Å²) >= 11 is 5.91. The lowest BCUT2D eigenvalue weighted by Gasteiger charge is -2.37. The zero-order valence-corrected chi connectivity index (χ0v) is 19.2. The molecule has 0 bridgehead atoms. The van der Waals surface area contributed by atoms with Gasteiger partial charge in [0.05, 0.1) is 37.4 Å². The highest BCUT2D eigenvalue weighted by Crippen LogP contribution is 2.30. The van der Waals surface area contributed by atoms with Gasteiger partial charge < -0.3 is 18.9 Å². The molecule has 0 unspecified atom stereocenters. The molecule has 0 radical (unpaired) electrons. The maximum Gasteiger partial charge on any atom is 0.289 e. The fraction of sp³-hybridized carbons (Fsp3) is 0.292. The van der Waals surface area contributed by atoms with Gasteiger partial charge in [0, 0.05) is 12.4 Å². The summed E-state index contributed by atoms with van der Waals surface area (Å²) in [5.41, 5.74) is 3.50. The first kappa shape index (κ1) is 21.9. The summed E-state index contributed by atoms with van der Waals surface area (Å²) in [6.07, 6.45) is 6.98. The van der Waals surface area contributed by atoms with Crippen LogP contribution in [0.2, 0.25) is 5.15 Å². The van der Waals surface area contributed by atoms with E-state index in [4.69, 9.17) is 21.1 Å². The maximum atomic E-state index is 13.2. The second kappa shape index (κ2) is 9.04. The molecule has 0 spiro atoms. The van der Waals surface area contributed by atoms with E-state index in [1.54, 1.807) is 36.7 Å². The number of nitrogens with zero attached hydrogens (tertiary/aromatic N) is 4. The molecule has 8 heteroatoms. The molecule has 32 heavy (non-hydrogen) atoms. The minimum atomic E-state index is -0.168. The van der Waals surface area contributed by atoms with E-state index < -0.39 is 0 Å².